The van der Waals surface area contributed by atoms with Crippen molar-refractivity contribution in [1.82, 2.24) is 10.2 Å². The van der Waals surface area contributed by atoms with Gasteiger partial charge in [-0.3, -0.25) is 9.69 Å². The van der Waals surface area contributed by atoms with Crippen molar-refractivity contribution in [1.29, 1.82) is 0 Å². The van der Waals surface area contributed by atoms with Gasteiger partial charge in [-0.1, -0.05) is 24.3 Å². The standard InChI is InChI=1S/C19H26N2O3/c22-17(19(24)20-14-5-6-14)12-7-9-21(10-8-12)16-11-13-3-1-2-4-15(13)18(16)23/h1-4,12,14,16-18,22-23H,5-11H2,(H,20,24)/t16-,17-,18+/m1/s1. The number of aliphatic hydroxyl groups excluding tert-OH is 2. The van der Waals surface area contributed by atoms with Crippen molar-refractivity contribution >= 4 is 5.91 Å². The third-order valence-electron chi connectivity index (χ3n) is 5.85. The molecule has 2 fully saturated rings. The van der Waals surface area contributed by atoms with E-state index in [1.54, 1.807) is 0 Å². The maximum Gasteiger partial charge on any atom is 0.249 e. The van der Waals surface area contributed by atoms with Gasteiger partial charge in [0, 0.05) is 12.1 Å². The van der Waals surface area contributed by atoms with Crippen LogP contribution in [0.25, 0.3) is 0 Å². The molecule has 24 heavy (non-hydrogen) atoms. The fourth-order valence-corrected chi connectivity index (χ4v) is 4.18. The number of carbonyl (C=O) groups is 1. The van der Waals surface area contributed by atoms with Gasteiger partial charge in [0.2, 0.25) is 5.91 Å². The lowest BCUT2D eigenvalue weighted by atomic mass is 9.89. The lowest BCUT2D eigenvalue weighted by Crippen LogP contribution is -2.48. The Hall–Kier alpha value is -1.43. The van der Waals surface area contributed by atoms with Gasteiger partial charge < -0.3 is 15.5 Å². The number of hydrogen-bond acceptors (Lipinski definition) is 4. The van der Waals surface area contributed by atoms with Crippen LogP contribution < -0.4 is 5.32 Å². The molecule has 130 valence electrons. The minimum Gasteiger partial charge on any atom is -0.387 e. The Kier molecular flexibility index (Phi) is 4.33. The molecular weight excluding hydrogens is 304 g/mol. The molecule has 5 heteroatoms. The van der Waals surface area contributed by atoms with Crippen LogP contribution in [-0.4, -0.2) is 52.3 Å². The molecule has 0 aromatic heterocycles. The zero-order valence-electron chi connectivity index (χ0n) is 13.9. The zero-order chi connectivity index (χ0) is 16.7. The van der Waals surface area contributed by atoms with Gasteiger partial charge >= 0.3 is 0 Å². The van der Waals surface area contributed by atoms with Crippen LogP contribution in [0.5, 0.6) is 0 Å². The normalized spacial score (nSPS) is 29.2. The van der Waals surface area contributed by atoms with Crippen LogP contribution in [0.1, 0.15) is 42.9 Å². The molecule has 2 aliphatic carbocycles. The smallest absolute Gasteiger partial charge is 0.249 e. The molecule has 3 aliphatic rings. The van der Waals surface area contributed by atoms with E-state index in [1.165, 1.54) is 5.56 Å². The average Bonchev–Trinajstić information content (AvgIpc) is 3.36. The molecule has 0 bridgehead atoms. The Balaban J connectivity index is 1.32. The van der Waals surface area contributed by atoms with E-state index < -0.39 is 12.2 Å². The summed E-state index contributed by atoms with van der Waals surface area (Å²) in [6, 6.07) is 8.52. The number of aliphatic hydroxyl groups is 2. The highest BCUT2D eigenvalue weighted by molar-refractivity contribution is 5.81. The molecule has 0 radical (unpaired) electrons. The van der Waals surface area contributed by atoms with Crippen molar-refractivity contribution < 1.29 is 15.0 Å². The molecule has 0 unspecified atom stereocenters. The Bertz CT molecular complexity index is 608. The molecule has 5 nitrogen and oxygen atoms in total. The van der Waals surface area contributed by atoms with Gasteiger partial charge in [-0.15, -0.1) is 0 Å². The highest BCUT2D eigenvalue weighted by Crippen LogP contribution is 2.36. The van der Waals surface area contributed by atoms with E-state index in [2.05, 4.69) is 16.3 Å². The number of piperidine rings is 1. The van der Waals surface area contributed by atoms with Crippen LogP contribution in [0.4, 0.5) is 0 Å². The lowest BCUT2D eigenvalue weighted by Gasteiger charge is -2.38. The summed E-state index contributed by atoms with van der Waals surface area (Å²) in [5, 5.41) is 23.8. The summed E-state index contributed by atoms with van der Waals surface area (Å²) < 4.78 is 0. The van der Waals surface area contributed by atoms with Crippen molar-refractivity contribution in [2.45, 2.75) is 56.4 Å². The number of hydrogen-bond donors (Lipinski definition) is 3. The second kappa shape index (κ2) is 6.47. The number of rotatable bonds is 4. The number of carbonyl (C=O) groups excluding carboxylic acids is 1. The first kappa shape index (κ1) is 16.1. The molecule has 1 aliphatic heterocycles. The van der Waals surface area contributed by atoms with Gasteiger partial charge in [-0.25, -0.2) is 0 Å². The molecule has 4 rings (SSSR count). The summed E-state index contributed by atoms with van der Waals surface area (Å²) in [6.07, 6.45) is 3.25. The van der Waals surface area contributed by atoms with E-state index in [-0.39, 0.29) is 17.9 Å². The van der Waals surface area contributed by atoms with Gasteiger partial charge in [-0.2, -0.15) is 0 Å². The van der Waals surface area contributed by atoms with E-state index in [4.69, 9.17) is 0 Å². The first-order valence-corrected chi connectivity index (χ1v) is 9.12. The molecule has 1 heterocycles. The number of benzene rings is 1. The summed E-state index contributed by atoms with van der Waals surface area (Å²) in [4.78, 5) is 14.3. The second-order valence-electron chi connectivity index (χ2n) is 7.52. The third kappa shape index (κ3) is 3.08. The highest BCUT2D eigenvalue weighted by atomic mass is 16.3. The molecular formula is C19H26N2O3. The van der Waals surface area contributed by atoms with Crippen molar-refractivity contribution in [3.05, 3.63) is 35.4 Å². The van der Waals surface area contributed by atoms with E-state index in [0.717, 1.165) is 50.8 Å². The zero-order valence-corrected chi connectivity index (χ0v) is 13.9. The fraction of sp³-hybridized carbons (Fsp3) is 0.632. The van der Waals surface area contributed by atoms with E-state index in [9.17, 15) is 15.0 Å². The lowest BCUT2D eigenvalue weighted by molar-refractivity contribution is -0.133. The van der Waals surface area contributed by atoms with Gasteiger partial charge in [0.1, 0.15) is 6.10 Å². The topological polar surface area (TPSA) is 72.8 Å². The van der Waals surface area contributed by atoms with E-state index in [0.29, 0.717) is 6.04 Å². The predicted octanol–water partition coefficient (Wildman–Crippen LogP) is 0.996. The van der Waals surface area contributed by atoms with Crippen LogP contribution in [0.3, 0.4) is 0 Å². The number of fused-ring (bicyclic) bond motifs is 1. The van der Waals surface area contributed by atoms with Crippen LogP contribution >= 0.6 is 0 Å². The Morgan fingerprint density at radius 1 is 1.17 bits per heavy atom. The van der Waals surface area contributed by atoms with Crippen LogP contribution in [0, 0.1) is 5.92 Å². The average molecular weight is 330 g/mol. The summed E-state index contributed by atoms with van der Waals surface area (Å²) in [5.74, 6) is -0.176. The first-order valence-electron chi connectivity index (χ1n) is 9.12. The van der Waals surface area contributed by atoms with Gasteiger partial charge in [-0.05, 0) is 62.2 Å². The molecule has 0 spiro atoms. The van der Waals surface area contributed by atoms with E-state index in [1.807, 2.05) is 18.2 Å². The van der Waals surface area contributed by atoms with Gasteiger partial charge in [0.15, 0.2) is 0 Å². The SMILES string of the molecule is O=C(NC1CC1)[C@H](O)C1CCN([C@@H]2Cc3ccccc3[C@@H]2O)CC1. The maximum atomic E-state index is 12.0. The molecule has 3 N–H and O–H groups in total. The van der Waals surface area contributed by atoms with Crippen LogP contribution in [0.2, 0.25) is 0 Å². The van der Waals surface area contributed by atoms with Crippen LogP contribution in [-0.2, 0) is 11.2 Å². The van der Waals surface area contributed by atoms with Crippen molar-refractivity contribution in [3.63, 3.8) is 0 Å². The summed E-state index contributed by atoms with van der Waals surface area (Å²) in [5.41, 5.74) is 2.29. The molecule has 1 aromatic rings. The fourth-order valence-electron chi connectivity index (χ4n) is 4.18. The summed E-state index contributed by atoms with van der Waals surface area (Å²) in [7, 11) is 0. The number of amides is 1. The largest absolute Gasteiger partial charge is 0.387 e. The second-order valence-corrected chi connectivity index (χ2v) is 7.52. The van der Waals surface area contributed by atoms with Gasteiger partial charge in [0.25, 0.3) is 0 Å². The summed E-state index contributed by atoms with van der Waals surface area (Å²) >= 11 is 0. The quantitative estimate of drug-likeness (QED) is 0.770. The molecule has 1 aromatic carbocycles. The number of likely N-dealkylation sites (tertiary alicyclic amines) is 1. The first-order chi connectivity index (χ1) is 11.6. The highest BCUT2D eigenvalue weighted by Gasteiger charge is 2.38. The number of nitrogens with zero attached hydrogens (tertiary/aromatic N) is 1. The molecule has 1 amide bonds. The van der Waals surface area contributed by atoms with E-state index >= 15 is 0 Å². The third-order valence-corrected chi connectivity index (χ3v) is 5.85. The predicted molar refractivity (Wildman–Crippen MR) is 90.4 cm³/mol. The monoisotopic (exact) mass is 330 g/mol. The summed E-state index contributed by atoms with van der Waals surface area (Å²) in [6.45, 7) is 1.66. The minimum atomic E-state index is -0.890. The Labute approximate surface area is 142 Å². The minimum absolute atomic E-state index is 0.0286. The van der Waals surface area contributed by atoms with Crippen molar-refractivity contribution in [2.24, 2.45) is 5.92 Å². The maximum absolute atomic E-state index is 12.0. The molecule has 1 saturated heterocycles. The van der Waals surface area contributed by atoms with Gasteiger partial charge in [0.05, 0.1) is 6.10 Å². The Morgan fingerprint density at radius 3 is 2.54 bits per heavy atom. The van der Waals surface area contributed by atoms with Crippen LogP contribution in [0.15, 0.2) is 24.3 Å². The van der Waals surface area contributed by atoms with Crippen molar-refractivity contribution in [2.75, 3.05) is 13.1 Å². The molecule has 3 atom stereocenters. The Morgan fingerprint density at radius 2 is 1.88 bits per heavy atom. The number of nitrogens with one attached hydrogen (secondary N) is 1. The molecule has 1 saturated carbocycles. The van der Waals surface area contributed by atoms with Crippen molar-refractivity contribution in [3.8, 4) is 0 Å².